The summed E-state index contributed by atoms with van der Waals surface area (Å²) in [6, 6.07) is 5.64. The van der Waals surface area contributed by atoms with Crippen LogP contribution in [0.15, 0.2) is 40.5 Å². The summed E-state index contributed by atoms with van der Waals surface area (Å²) in [7, 11) is 0. The molecule has 0 bridgehead atoms. The highest BCUT2D eigenvalue weighted by Crippen LogP contribution is 2.25. The van der Waals surface area contributed by atoms with Crippen LogP contribution in [-0.2, 0) is 6.42 Å². The third-order valence-corrected chi connectivity index (χ3v) is 4.55. The van der Waals surface area contributed by atoms with Gasteiger partial charge < -0.3 is 5.11 Å². The minimum Gasteiger partial charge on any atom is -0.502 e. The zero-order valence-electron chi connectivity index (χ0n) is 12.5. The van der Waals surface area contributed by atoms with Crippen molar-refractivity contribution in [3.8, 4) is 5.75 Å². The molecule has 0 amide bonds. The number of thiophene rings is 1. The summed E-state index contributed by atoms with van der Waals surface area (Å²) in [5.74, 6) is -0.428. The molecule has 2 aromatic heterocycles. The summed E-state index contributed by atoms with van der Waals surface area (Å²) >= 11 is 1.46. The van der Waals surface area contributed by atoms with Gasteiger partial charge in [0, 0.05) is 16.5 Å². The van der Waals surface area contributed by atoms with Gasteiger partial charge in [-0.05, 0) is 24.6 Å². The van der Waals surface area contributed by atoms with E-state index in [4.69, 9.17) is 0 Å². The molecule has 24 heavy (non-hydrogen) atoms. The van der Waals surface area contributed by atoms with Crippen LogP contribution >= 0.6 is 11.3 Å². The fraction of sp³-hybridized carbons (Fsp3) is 0.133. The van der Waals surface area contributed by atoms with Crippen molar-refractivity contribution in [3.05, 3.63) is 61.5 Å². The average molecular weight is 344 g/mol. The zero-order chi connectivity index (χ0) is 17.3. The predicted octanol–water partition coefficient (Wildman–Crippen LogP) is 2.52. The van der Waals surface area contributed by atoms with Gasteiger partial charge in [0.15, 0.2) is 5.75 Å². The standard InChI is InChI=1S/C15H12N4O4S/c1-2-10-6-11-14(24-10)16-8-18(15(11)21)17-7-9-3-4-13(20)12(5-9)19(22)23/h3-8,20H,2H2,1H3/b17-7-. The van der Waals surface area contributed by atoms with Gasteiger partial charge in [-0.1, -0.05) is 6.92 Å². The first-order chi connectivity index (χ1) is 11.5. The molecule has 1 N–H and O–H groups in total. The number of nitro benzene ring substituents is 1. The number of phenols is 1. The number of aromatic nitrogens is 2. The number of hydrogen-bond acceptors (Lipinski definition) is 7. The number of hydrogen-bond donors (Lipinski definition) is 1. The van der Waals surface area contributed by atoms with Gasteiger partial charge in [-0.3, -0.25) is 14.9 Å². The van der Waals surface area contributed by atoms with Crippen LogP contribution in [0.1, 0.15) is 17.4 Å². The van der Waals surface area contributed by atoms with Crippen molar-refractivity contribution in [1.82, 2.24) is 9.66 Å². The first-order valence-electron chi connectivity index (χ1n) is 7.01. The Bertz CT molecular complexity index is 1020. The minimum atomic E-state index is -0.690. The maximum Gasteiger partial charge on any atom is 0.311 e. The number of benzene rings is 1. The first kappa shape index (κ1) is 15.8. The molecule has 0 saturated carbocycles. The maximum absolute atomic E-state index is 12.4. The van der Waals surface area contributed by atoms with Crippen LogP contribution in [0.5, 0.6) is 5.75 Å². The second-order valence-electron chi connectivity index (χ2n) is 4.93. The third-order valence-electron chi connectivity index (χ3n) is 3.36. The lowest BCUT2D eigenvalue weighted by Gasteiger charge is -1.99. The van der Waals surface area contributed by atoms with Crippen LogP contribution in [-0.4, -0.2) is 25.9 Å². The third kappa shape index (κ3) is 2.88. The Labute approximate surface area is 139 Å². The van der Waals surface area contributed by atoms with Crippen molar-refractivity contribution in [2.75, 3.05) is 0 Å². The molecule has 0 aliphatic carbocycles. The summed E-state index contributed by atoms with van der Waals surface area (Å²) in [5.41, 5.74) is -0.350. The molecule has 0 saturated heterocycles. The molecule has 0 unspecified atom stereocenters. The van der Waals surface area contributed by atoms with Crippen molar-refractivity contribution in [2.45, 2.75) is 13.3 Å². The lowest BCUT2D eigenvalue weighted by Crippen LogP contribution is -2.16. The number of aromatic hydroxyl groups is 1. The molecule has 0 atom stereocenters. The monoisotopic (exact) mass is 344 g/mol. The summed E-state index contributed by atoms with van der Waals surface area (Å²) in [6.07, 6.45) is 3.43. The second kappa shape index (κ2) is 6.20. The van der Waals surface area contributed by atoms with Gasteiger partial charge >= 0.3 is 5.69 Å². The van der Waals surface area contributed by atoms with Crippen molar-refractivity contribution in [2.24, 2.45) is 5.10 Å². The Kier molecular flexibility index (Phi) is 4.09. The fourth-order valence-corrected chi connectivity index (χ4v) is 3.04. The summed E-state index contributed by atoms with van der Waals surface area (Å²) < 4.78 is 1.08. The summed E-state index contributed by atoms with van der Waals surface area (Å²) in [6.45, 7) is 2.00. The van der Waals surface area contributed by atoms with E-state index >= 15 is 0 Å². The Morgan fingerprint density at radius 2 is 2.25 bits per heavy atom. The van der Waals surface area contributed by atoms with Crippen molar-refractivity contribution in [3.63, 3.8) is 0 Å². The maximum atomic E-state index is 12.4. The normalized spacial score (nSPS) is 11.4. The topological polar surface area (TPSA) is 111 Å². The van der Waals surface area contributed by atoms with Crippen LogP contribution in [0.3, 0.4) is 0 Å². The van der Waals surface area contributed by atoms with Gasteiger partial charge in [-0.2, -0.15) is 9.78 Å². The molecule has 2 heterocycles. The number of fused-ring (bicyclic) bond motifs is 1. The lowest BCUT2D eigenvalue weighted by molar-refractivity contribution is -0.385. The van der Waals surface area contributed by atoms with E-state index in [1.54, 1.807) is 6.07 Å². The number of nitrogens with zero attached hydrogens (tertiary/aromatic N) is 4. The molecule has 0 aliphatic rings. The van der Waals surface area contributed by atoms with E-state index in [1.807, 2.05) is 6.92 Å². The Morgan fingerprint density at radius 1 is 1.46 bits per heavy atom. The van der Waals surface area contributed by atoms with Crippen LogP contribution < -0.4 is 5.56 Å². The van der Waals surface area contributed by atoms with Crippen LogP contribution in [0, 0.1) is 10.1 Å². The quantitative estimate of drug-likeness (QED) is 0.444. The van der Waals surface area contributed by atoms with Gasteiger partial charge in [0.1, 0.15) is 11.2 Å². The molecule has 9 heteroatoms. The molecular weight excluding hydrogens is 332 g/mol. The second-order valence-corrected chi connectivity index (χ2v) is 6.04. The molecule has 0 radical (unpaired) electrons. The predicted molar refractivity (Wildman–Crippen MR) is 91.0 cm³/mol. The molecule has 0 spiro atoms. The highest BCUT2D eigenvalue weighted by atomic mass is 32.1. The Morgan fingerprint density at radius 3 is 2.96 bits per heavy atom. The first-order valence-corrected chi connectivity index (χ1v) is 7.83. The van der Waals surface area contributed by atoms with Crippen molar-refractivity contribution < 1.29 is 10.0 Å². The van der Waals surface area contributed by atoms with Crippen LogP contribution in [0.2, 0.25) is 0 Å². The lowest BCUT2D eigenvalue weighted by atomic mass is 10.2. The smallest absolute Gasteiger partial charge is 0.311 e. The molecular formula is C15H12N4O4S. The number of rotatable bonds is 4. The number of nitro groups is 1. The van der Waals surface area contributed by atoms with Crippen molar-refractivity contribution in [1.29, 1.82) is 0 Å². The molecule has 0 fully saturated rings. The van der Waals surface area contributed by atoms with E-state index in [1.165, 1.54) is 42.1 Å². The number of aryl methyl sites for hydroxylation is 1. The van der Waals surface area contributed by atoms with E-state index < -0.39 is 16.4 Å². The van der Waals surface area contributed by atoms with E-state index in [9.17, 15) is 20.0 Å². The van der Waals surface area contributed by atoms with Gasteiger partial charge in [0.05, 0.1) is 16.5 Å². The molecule has 0 aliphatic heterocycles. The van der Waals surface area contributed by atoms with E-state index in [-0.39, 0.29) is 5.56 Å². The molecule has 3 aromatic rings. The van der Waals surface area contributed by atoms with Crippen molar-refractivity contribution >= 4 is 33.5 Å². The number of phenolic OH excluding ortho intramolecular Hbond substituents is 1. The van der Waals surface area contributed by atoms with Crippen LogP contribution in [0.25, 0.3) is 10.2 Å². The van der Waals surface area contributed by atoms with E-state index in [0.29, 0.717) is 15.8 Å². The van der Waals surface area contributed by atoms with Gasteiger partial charge in [-0.25, -0.2) is 4.98 Å². The van der Waals surface area contributed by atoms with E-state index in [0.717, 1.165) is 16.0 Å². The van der Waals surface area contributed by atoms with Gasteiger partial charge in [0.2, 0.25) is 0 Å². The summed E-state index contributed by atoms with van der Waals surface area (Å²) in [5, 5.41) is 24.7. The highest BCUT2D eigenvalue weighted by molar-refractivity contribution is 7.18. The largest absolute Gasteiger partial charge is 0.502 e. The fourth-order valence-electron chi connectivity index (χ4n) is 2.12. The molecule has 3 rings (SSSR count). The SMILES string of the molecule is CCc1cc2c(=O)n(/N=C\c3ccc(O)c([N+](=O)[O-])c3)cnc2s1. The van der Waals surface area contributed by atoms with Gasteiger partial charge in [0.25, 0.3) is 5.56 Å². The summed E-state index contributed by atoms with van der Waals surface area (Å²) in [4.78, 5) is 28.4. The van der Waals surface area contributed by atoms with Gasteiger partial charge in [-0.15, -0.1) is 11.3 Å². The zero-order valence-corrected chi connectivity index (χ0v) is 13.4. The Hall–Kier alpha value is -3.07. The average Bonchev–Trinajstić information content (AvgIpc) is 2.99. The highest BCUT2D eigenvalue weighted by Gasteiger charge is 2.13. The molecule has 8 nitrogen and oxygen atoms in total. The molecule has 122 valence electrons. The van der Waals surface area contributed by atoms with E-state index in [2.05, 4.69) is 10.1 Å². The van der Waals surface area contributed by atoms with Crippen LogP contribution in [0.4, 0.5) is 5.69 Å². The minimum absolute atomic E-state index is 0.305. The Balaban J connectivity index is 1.99. The molecule has 1 aromatic carbocycles.